The van der Waals surface area contributed by atoms with E-state index in [0.29, 0.717) is 23.4 Å². The summed E-state index contributed by atoms with van der Waals surface area (Å²) in [5.74, 6) is -0.446. The van der Waals surface area contributed by atoms with Gasteiger partial charge in [0, 0.05) is 16.7 Å². The van der Waals surface area contributed by atoms with E-state index in [-0.39, 0.29) is 5.75 Å². The van der Waals surface area contributed by atoms with Crippen molar-refractivity contribution < 1.29 is 13.9 Å². The average molecular weight is 242 g/mol. The van der Waals surface area contributed by atoms with E-state index in [1.807, 2.05) is 0 Å². The van der Waals surface area contributed by atoms with Gasteiger partial charge in [-0.15, -0.1) is 0 Å². The molecule has 0 saturated heterocycles. The number of nitrogens with zero attached hydrogens (tertiary/aromatic N) is 1. The Morgan fingerprint density at radius 2 is 2.25 bits per heavy atom. The molecule has 1 aromatic rings. The predicted molar refractivity (Wildman–Crippen MR) is 57.0 cm³/mol. The number of methoxy groups -OCH3 is 1. The van der Waals surface area contributed by atoms with Crippen molar-refractivity contribution in [3.63, 3.8) is 0 Å². The molecule has 0 unspecified atom stereocenters. The third-order valence-corrected chi connectivity index (χ3v) is 2.93. The lowest BCUT2D eigenvalue weighted by Crippen LogP contribution is -2.07. The first-order valence-electron chi connectivity index (χ1n) is 4.75. The smallest absolute Gasteiger partial charge is 0.235 e. The third kappa shape index (κ3) is 1.70. The maximum absolute atomic E-state index is 13.9. The number of benzene rings is 1. The van der Waals surface area contributed by atoms with E-state index in [9.17, 15) is 9.18 Å². The van der Waals surface area contributed by atoms with Gasteiger partial charge in [-0.25, -0.2) is 9.18 Å². The van der Waals surface area contributed by atoms with Crippen LogP contribution in [0.25, 0.3) is 0 Å². The molecule has 1 saturated carbocycles. The number of hydrogen-bond acceptors (Lipinski definition) is 3. The summed E-state index contributed by atoms with van der Waals surface area (Å²) in [6.45, 7) is 0. The summed E-state index contributed by atoms with van der Waals surface area (Å²) in [5.41, 5.74) is -0.468. The van der Waals surface area contributed by atoms with Gasteiger partial charge < -0.3 is 4.74 Å². The molecule has 1 aliphatic rings. The molecule has 0 aromatic heterocycles. The Balaban J connectivity index is 2.56. The van der Waals surface area contributed by atoms with Crippen molar-refractivity contribution in [2.45, 2.75) is 18.4 Å². The number of aliphatic imine (C=N–C) groups is 1. The Morgan fingerprint density at radius 3 is 2.75 bits per heavy atom. The zero-order valence-electron chi connectivity index (χ0n) is 8.59. The summed E-state index contributed by atoms with van der Waals surface area (Å²) in [7, 11) is 1.36. The normalized spacial score (nSPS) is 16.4. The SMILES string of the molecule is COc1cc(Cl)cc(C2(N=C=O)CC2)c1F. The minimum Gasteiger partial charge on any atom is -0.494 e. The van der Waals surface area contributed by atoms with Crippen LogP contribution < -0.4 is 4.74 Å². The van der Waals surface area contributed by atoms with Gasteiger partial charge in [-0.3, -0.25) is 0 Å². The number of ether oxygens (including phenoxy) is 1. The second-order valence-corrected chi connectivity index (χ2v) is 4.14. The fourth-order valence-corrected chi connectivity index (χ4v) is 1.91. The summed E-state index contributed by atoms with van der Waals surface area (Å²) in [6.07, 6.45) is 2.73. The number of carbonyl (C=O) groups excluding carboxylic acids is 1. The van der Waals surface area contributed by atoms with E-state index >= 15 is 0 Å². The lowest BCUT2D eigenvalue weighted by atomic mass is 10.0. The van der Waals surface area contributed by atoms with E-state index in [2.05, 4.69) is 4.99 Å². The molecular weight excluding hydrogens is 233 g/mol. The molecule has 0 spiro atoms. The molecule has 1 aliphatic carbocycles. The highest BCUT2D eigenvalue weighted by atomic mass is 35.5. The first-order chi connectivity index (χ1) is 7.63. The van der Waals surface area contributed by atoms with Gasteiger partial charge in [0.1, 0.15) is 5.54 Å². The van der Waals surface area contributed by atoms with Gasteiger partial charge in [0.25, 0.3) is 0 Å². The molecule has 0 radical (unpaired) electrons. The van der Waals surface area contributed by atoms with Crippen molar-refractivity contribution in [2.24, 2.45) is 4.99 Å². The van der Waals surface area contributed by atoms with Crippen LogP contribution in [0.3, 0.4) is 0 Å². The van der Waals surface area contributed by atoms with Crippen LogP contribution in [0.4, 0.5) is 4.39 Å². The molecule has 3 nitrogen and oxygen atoms in total. The van der Waals surface area contributed by atoms with Gasteiger partial charge in [0.2, 0.25) is 6.08 Å². The van der Waals surface area contributed by atoms with Crippen molar-refractivity contribution in [1.82, 2.24) is 0 Å². The van der Waals surface area contributed by atoms with Crippen LogP contribution in [0.2, 0.25) is 5.02 Å². The molecule has 1 aromatic carbocycles. The van der Waals surface area contributed by atoms with Gasteiger partial charge in [0.15, 0.2) is 11.6 Å². The highest BCUT2D eigenvalue weighted by Crippen LogP contribution is 2.51. The van der Waals surface area contributed by atoms with Gasteiger partial charge in [0.05, 0.1) is 7.11 Å². The van der Waals surface area contributed by atoms with Crippen LogP contribution >= 0.6 is 11.6 Å². The lowest BCUT2D eigenvalue weighted by molar-refractivity contribution is 0.381. The van der Waals surface area contributed by atoms with E-state index in [1.165, 1.54) is 25.3 Å². The van der Waals surface area contributed by atoms with Crippen LogP contribution in [-0.2, 0) is 10.3 Å². The summed E-state index contributed by atoms with van der Waals surface area (Å²) in [6, 6.07) is 2.87. The first-order valence-corrected chi connectivity index (χ1v) is 5.13. The monoisotopic (exact) mass is 241 g/mol. The van der Waals surface area contributed by atoms with Crippen LogP contribution in [0.5, 0.6) is 5.75 Å². The van der Waals surface area contributed by atoms with Crippen molar-refractivity contribution in [2.75, 3.05) is 7.11 Å². The topological polar surface area (TPSA) is 38.7 Å². The van der Waals surface area contributed by atoms with Crippen LogP contribution in [0.1, 0.15) is 18.4 Å². The zero-order valence-corrected chi connectivity index (χ0v) is 9.34. The molecule has 2 rings (SSSR count). The molecular formula is C11H9ClFNO2. The largest absolute Gasteiger partial charge is 0.494 e. The lowest BCUT2D eigenvalue weighted by Gasteiger charge is -2.12. The predicted octanol–water partition coefficient (Wildman–Crippen LogP) is 2.81. The fraction of sp³-hybridized carbons (Fsp3) is 0.364. The maximum Gasteiger partial charge on any atom is 0.235 e. The molecule has 1 fully saturated rings. The molecule has 0 heterocycles. The standard InChI is InChI=1S/C11H9ClFNO2/c1-16-9-5-7(12)4-8(10(9)13)11(2-3-11)14-6-15/h4-5H,2-3H2,1H3. The quantitative estimate of drug-likeness (QED) is 0.603. The van der Waals surface area contributed by atoms with Crippen LogP contribution in [0, 0.1) is 5.82 Å². The van der Waals surface area contributed by atoms with E-state index in [0.717, 1.165) is 0 Å². The van der Waals surface area contributed by atoms with Crippen molar-refractivity contribution >= 4 is 17.7 Å². The van der Waals surface area contributed by atoms with Crippen LogP contribution in [-0.4, -0.2) is 13.2 Å². The second-order valence-electron chi connectivity index (χ2n) is 3.70. The highest BCUT2D eigenvalue weighted by molar-refractivity contribution is 6.30. The first kappa shape index (κ1) is 11.1. The summed E-state index contributed by atoms with van der Waals surface area (Å²) in [5, 5.41) is 0.362. The summed E-state index contributed by atoms with van der Waals surface area (Å²) in [4.78, 5) is 14.0. The molecule has 16 heavy (non-hydrogen) atoms. The Hall–Kier alpha value is -1.38. The third-order valence-electron chi connectivity index (χ3n) is 2.71. The minimum atomic E-state index is -0.774. The Labute approximate surface area is 96.9 Å². The molecule has 0 aliphatic heterocycles. The number of isocyanates is 1. The highest BCUT2D eigenvalue weighted by Gasteiger charge is 2.47. The number of rotatable bonds is 3. The molecule has 0 atom stereocenters. The van der Waals surface area contributed by atoms with Gasteiger partial charge >= 0.3 is 0 Å². The molecule has 5 heteroatoms. The van der Waals surface area contributed by atoms with E-state index < -0.39 is 11.4 Å². The Kier molecular flexibility index (Phi) is 2.70. The van der Waals surface area contributed by atoms with Crippen LogP contribution in [0.15, 0.2) is 17.1 Å². The summed E-state index contributed by atoms with van der Waals surface area (Å²) < 4.78 is 18.8. The number of hydrogen-bond donors (Lipinski definition) is 0. The van der Waals surface area contributed by atoms with Gasteiger partial charge in [-0.05, 0) is 18.9 Å². The Bertz CT molecular complexity index is 479. The molecule has 0 bridgehead atoms. The maximum atomic E-state index is 13.9. The molecule has 0 N–H and O–H groups in total. The molecule has 0 amide bonds. The van der Waals surface area contributed by atoms with E-state index in [1.54, 1.807) is 0 Å². The minimum absolute atomic E-state index is 0.0647. The van der Waals surface area contributed by atoms with Crippen molar-refractivity contribution in [1.29, 1.82) is 0 Å². The summed E-state index contributed by atoms with van der Waals surface area (Å²) >= 11 is 5.85. The van der Waals surface area contributed by atoms with Crippen molar-refractivity contribution in [3.05, 3.63) is 28.5 Å². The average Bonchev–Trinajstić information content (AvgIpc) is 3.02. The zero-order chi connectivity index (χ0) is 11.8. The van der Waals surface area contributed by atoms with E-state index in [4.69, 9.17) is 16.3 Å². The van der Waals surface area contributed by atoms with Crippen molar-refractivity contribution in [3.8, 4) is 5.75 Å². The fourth-order valence-electron chi connectivity index (χ4n) is 1.70. The molecule has 84 valence electrons. The van der Waals surface area contributed by atoms with Gasteiger partial charge in [-0.1, -0.05) is 11.6 Å². The Morgan fingerprint density at radius 1 is 1.56 bits per heavy atom. The number of halogens is 2. The second kappa shape index (κ2) is 3.89. The van der Waals surface area contributed by atoms with Gasteiger partial charge in [-0.2, -0.15) is 4.99 Å².